The average Bonchev–Trinajstić information content (AvgIpc) is 2.38. The molecule has 5 nitrogen and oxygen atoms in total. The van der Waals surface area contributed by atoms with E-state index in [1.807, 2.05) is 0 Å². The molecule has 1 amide bonds. The lowest BCUT2D eigenvalue weighted by Crippen LogP contribution is -2.28. The molecule has 0 aromatic heterocycles. The van der Waals surface area contributed by atoms with Gasteiger partial charge in [-0.15, -0.1) is 0 Å². The zero-order valence-corrected chi connectivity index (χ0v) is 10.1. The normalized spacial score (nSPS) is 10.2. The maximum absolute atomic E-state index is 13.5. The molecule has 0 saturated heterocycles. The Hall–Kier alpha value is -1.66. The van der Waals surface area contributed by atoms with Crippen molar-refractivity contribution < 1.29 is 23.8 Å². The predicted octanol–water partition coefficient (Wildman–Crippen LogP) is 0.573. The van der Waals surface area contributed by atoms with Gasteiger partial charge in [0.05, 0.1) is 32.5 Å². The number of hydrogen-bond acceptors (Lipinski definition) is 4. The zero-order chi connectivity index (χ0) is 13.4. The summed E-state index contributed by atoms with van der Waals surface area (Å²) >= 11 is 0. The number of aliphatic hydroxyl groups excluding tert-OH is 1. The highest BCUT2D eigenvalue weighted by Crippen LogP contribution is 2.15. The summed E-state index contributed by atoms with van der Waals surface area (Å²) in [7, 11) is 1.42. The Morgan fingerprint density at radius 1 is 1.44 bits per heavy atom. The summed E-state index contributed by atoms with van der Waals surface area (Å²) in [6.45, 7) is 0.669. The molecule has 0 bridgehead atoms. The first-order valence-electron chi connectivity index (χ1n) is 5.49. The van der Waals surface area contributed by atoms with E-state index in [4.69, 9.17) is 14.6 Å². The number of nitrogens with one attached hydrogen (secondary N) is 1. The van der Waals surface area contributed by atoms with Crippen molar-refractivity contribution in [1.82, 2.24) is 5.32 Å². The predicted molar refractivity (Wildman–Crippen MR) is 63.2 cm³/mol. The maximum atomic E-state index is 13.5. The van der Waals surface area contributed by atoms with E-state index in [1.54, 1.807) is 0 Å². The van der Waals surface area contributed by atoms with Crippen LogP contribution in [-0.2, 0) is 4.74 Å². The van der Waals surface area contributed by atoms with Gasteiger partial charge in [0.2, 0.25) is 0 Å². The van der Waals surface area contributed by atoms with Gasteiger partial charge in [0.1, 0.15) is 11.6 Å². The number of hydrogen-bond donors (Lipinski definition) is 2. The number of carbonyl (C=O) groups excluding carboxylic acids is 1. The summed E-state index contributed by atoms with van der Waals surface area (Å²) in [5, 5.41) is 11.0. The van der Waals surface area contributed by atoms with Crippen molar-refractivity contribution in [3.63, 3.8) is 0 Å². The largest absolute Gasteiger partial charge is 0.497 e. The van der Waals surface area contributed by atoms with E-state index in [9.17, 15) is 9.18 Å². The quantitative estimate of drug-likeness (QED) is 0.701. The van der Waals surface area contributed by atoms with Crippen LogP contribution in [0.2, 0.25) is 0 Å². The summed E-state index contributed by atoms with van der Waals surface area (Å²) in [6.07, 6.45) is 0. The number of amides is 1. The fourth-order valence-corrected chi connectivity index (χ4v) is 1.31. The summed E-state index contributed by atoms with van der Waals surface area (Å²) < 4.78 is 23.3. The Morgan fingerprint density at radius 2 is 2.22 bits per heavy atom. The van der Waals surface area contributed by atoms with E-state index < -0.39 is 11.7 Å². The molecule has 0 aliphatic carbocycles. The molecule has 1 aromatic carbocycles. The molecule has 0 unspecified atom stereocenters. The van der Waals surface area contributed by atoms with Crippen LogP contribution in [0.3, 0.4) is 0 Å². The molecule has 0 aliphatic heterocycles. The van der Waals surface area contributed by atoms with E-state index in [1.165, 1.54) is 19.2 Å². The van der Waals surface area contributed by atoms with Gasteiger partial charge in [-0.25, -0.2) is 4.39 Å². The highest BCUT2D eigenvalue weighted by molar-refractivity contribution is 5.94. The van der Waals surface area contributed by atoms with Gasteiger partial charge in [0.15, 0.2) is 0 Å². The number of benzene rings is 1. The third-order valence-corrected chi connectivity index (χ3v) is 2.19. The lowest BCUT2D eigenvalue weighted by atomic mass is 10.2. The Bertz CT molecular complexity index is 398. The Labute approximate surface area is 105 Å². The third-order valence-electron chi connectivity index (χ3n) is 2.19. The minimum absolute atomic E-state index is 0.0436. The number of aliphatic hydroxyl groups is 1. The number of halogens is 1. The van der Waals surface area contributed by atoms with Gasteiger partial charge in [0, 0.05) is 12.6 Å². The first-order valence-corrected chi connectivity index (χ1v) is 5.49. The Balaban J connectivity index is 2.46. The lowest BCUT2D eigenvalue weighted by Gasteiger charge is -2.07. The van der Waals surface area contributed by atoms with Gasteiger partial charge in [0.25, 0.3) is 5.91 Å². The van der Waals surface area contributed by atoms with Crippen molar-refractivity contribution in [3.8, 4) is 5.75 Å². The Kier molecular flexibility index (Phi) is 6.10. The second-order valence-electron chi connectivity index (χ2n) is 3.44. The molecular weight excluding hydrogens is 241 g/mol. The first kappa shape index (κ1) is 14.4. The molecule has 1 rings (SSSR count). The van der Waals surface area contributed by atoms with Crippen molar-refractivity contribution in [2.24, 2.45) is 0 Å². The number of methoxy groups -OCH3 is 1. The molecular formula is C12H16FNO4. The summed E-state index contributed by atoms with van der Waals surface area (Å²) in [4.78, 5) is 11.6. The standard InChI is InChI=1S/C12H16FNO4/c1-17-9-2-3-10(11(13)8-9)12(16)14-4-6-18-7-5-15/h2-3,8,15H,4-7H2,1H3,(H,14,16). The van der Waals surface area contributed by atoms with Crippen LogP contribution in [0.1, 0.15) is 10.4 Å². The zero-order valence-electron chi connectivity index (χ0n) is 10.1. The second-order valence-corrected chi connectivity index (χ2v) is 3.44. The average molecular weight is 257 g/mol. The highest BCUT2D eigenvalue weighted by atomic mass is 19.1. The van der Waals surface area contributed by atoms with Crippen LogP contribution in [-0.4, -0.2) is 44.5 Å². The van der Waals surface area contributed by atoms with Gasteiger partial charge in [-0.2, -0.15) is 0 Å². The SMILES string of the molecule is COc1ccc(C(=O)NCCOCCO)c(F)c1. The molecule has 6 heteroatoms. The topological polar surface area (TPSA) is 67.8 Å². The van der Waals surface area contributed by atoms with Crippen molar-refractivity contribution in [3.05, 3.63) is 29.6 Å². The molecule has 0 radical (unpaired) electrons. The van der Waals surface area contributed by atoms with Crippen LogP contribution in [0.5, 0.6) is 5.75 Å². The third kappa shape index (κ3) is 4.31. The van der Waals surface area contributed by atoms with Gasteiger partial charge in [-0.05, 0) is 12.1 Å². The summed E-state index contributed by atoms with van der Waals surface area (Å²) in [5.41, 5.74) is -0.0436. The molecule has 0 heterocycles. The molecule has 0 atom stereocenters. The number of rotatable bonds is 7. The molecule has 0 saturated carbocycles. The summed E-state index contributed by atoms with van der Waals surface area (Å²) in [6, 6.07) is 4.02. The number of carbonyl (C=O) groups is 1. The van der Waals surface area contributed by atoms with E-state index in [2.05, 4.69) is 5.32 Å². The van der Waals surface area contributed by atoms with Crippen molar-refractivity contribution in [2.45, 2.75) is 0 Å². The first-order chi connectivity index (χ1) is 8.69. The van der Waals surface area contributed by atoms with E-state index in [0.29, 0.717) is 5.75 Å². The van der Waals surface area contributed by atoms with Gasteiger partial charge < -0.3 is 19.9 Å². The molecule has 2 N–H and O–H groups in total. The molecule has 0 spiro atoms. The summed E-state index contributed by atoms with van der Waals surface area (Å²) in [5.74, 6) is -0.791. The van der Waals surface area contributed by atoms with Gasteiger partial charge >= 0.3 is 0 Å². The van der Waals surface area contributed by atoms with Crippen molar-refractivity contribution >= 4 is 5.91 Å². The Morgan fingerprint density at radius 3 is 2.83 bits per heavy atom. The van der Waals surface area contributed by atoms with Crippen LogP contribution in [0, 0.1) is 5.82 Å². The highest BCUT2D eigenvalue weighted by Gasteiger charge is 2.11. The molecule has 100 valence electrons. The molecule has 18 heavy (non-hydrogen) atoms. The van der Waals surface area contributed by atoms with Crippen molar-refractivity contribution in [1.29, 1.82) is 0 Å². The number of ether oxygens (including phenoxy) is 2. The fraction of sp³-hybridized carbons (Fsp3) is 0.417. The van der Waals surface area contributed by atoms with Crippen LogP contribution in [0.4, 0.5) is 4.39 Å². The second kappa shape index (κ2) is 7.62. The molecule has 1 aromatic rings. The van der Waals surface area contributed by atoms with Crippen LogP contribution in [0.25, 0.3) is 0 Å². The minimum atomic E-state index is -0.636. The van der Waals surface area contributed by atoms with E-state index >= 15 is 0 Å². The van der Waals surface area contributed by atoms with Crippen LogP contribution in [0.15, 0.2) is 18.2 Å². The van der Waals surface area contributed by atoms with E-state index in [0.717, 1.165) is 6.07 Å². The molecule has 0 aliphatic rings. The fourth-order valence-electron chi connectivity index (χ4n) is 1.31. The molecule has 0 fully saturated rings. The maximum Gasteiger partial charge on any atom is 0.254 e. The monoisotopic (exact) mass is 257 g/mol. The van der Waals surface area contributed by atoms with E-state index in [-0.39, 0.29) is 31.9 Å². The lowest BCUT2D eigenvalue weighted by molar-refractivity contribution is 0.0835. The van der Waals surface area contributed by atoms with Crippen LogP contribution >= 0.6 is 0 Å². The van der Waals surface area contributed by atoms with Gasteiger partial charge in [-0.3, -0.25) is 4.79 Å². The minimum Gasteiger partial charge on any atom is -0.497 e. The smallest absolute Gasteiger partial charge is 0.254 e. The van der Waals surface area contributed by atoms with Crippen LogP contribution < -0.4 is 10.1 Å². The van der Waals surface area contributed by atoms with Gasteiger partial charge in [-0.1, -0.05) is 0 Å². The van der Waals surface area contributed by atoms with Crippen molar-refractivity contribution in [2.75, 3.05) is 33.5 Å².